The van der Waals surface area contributed by atoms with Crippen molar-refractivity contribution in [2.45, 2.75) is 6.61 Å². The first-order valence-corrected chi connectivity index (χ1v) is 6.83. The normalized spacial score (nSPS) is 10.0. The summed E-state index contributed by atoms with van der Waals surface area (Å²) in [6, 6.07) is 14.5. The summed E-state index contributed by atoms with van der Waals surface area (Å²) < 4.78 is 10.2. The third-order valence-electron chi connectivity index (χ3n) is 2.82. The maximum atomic E-state index is 11.7. The predicted molar refractivity (Wildman–Crippen MR) is 82.7 cm³/mol. The summed E-state index contributed by atoms with van der Waals surface area (Å²) in [5.41, 5.74) is 1.69. The molecule has 2 aromatic carbocycles. The molecule has 0 spiro atoms. The Balaban J connectivity index is 1.76. The third-order valence-corrected chi connectivity index (χ3v) is 3.06. The molecule has 0 aliphatic carbocycles. The Morgan fingerprint density at radius 2 is 1.95 bits per heavy atom. The van der Waals surface area contributed by atoms with Crippen LogP contribution >= 0.6 is 11.6 Å². The van der Waals surface area contributed by atoms with E-state index >= 15 is 0 Å². The number of rotatable bonds is 6. The van der Waals surface area contributed by atoms with E-state index < -0.39 is 0 Å². The minimum atomic E-state index is -0.328. The summed E-state index contributed by atoms with van der Waals surface area (Å²) in [6.45, 7) is 0.330. The van der Waals surface area contributed by atoms with Gasteiger partial charge >= 0.3 is 5.97 Å². The molecule has 4 nitrogen and oxygen atoms in total. The summed E-state index contributed by atoms with van der Waals surface area (Å²) in [4.78, 5) is 11.7. The molecule has 0 aromatic heterocycles. The zero-order valence-corrected chi connectivity index (χ0v) is 12.4. The maximum absolute atomic E-state index is 11.7. The first-order valence-electron chi connectivity index (χ1n) is 6.45. The maximum Gasteiger partial charge on any atom is 0.325 e. The highest BCUT2D eigenvalue weighted by Crippen LogP contribution is 2.15. The summed E-state index contributed by atoms with van der Waals surface area (Å²) in [7, 11) is 1.61. The molecule has 0 aliphatic rings. The Bertz CT molecular complexity index is 599. The van der Waals surface area contributed by atoms with E-state index in [1.165, 1.54) is 0 Å². The van der Waals surface area contributed by atoms with Crippen molar-refractivity contribution in [3.63, 3.8) is 0 Å². The Morgan fingerprint density at radius 1 is 1.19 bits per heavy atom. The number of nitrogens with one attached hydrogen (secondary N) is 1. The van der Waals surface area contributed by atoms with Gasteiger partial charge in [0.15, 0.2) is 0 Å². The number of ether oxygens (including phenoxy) is 2. The molecule has 21 heavy (non-hydrogen) atoms. The van der Waals surface area contributed by atoms with Crippen LogP contribution in [0, 0.1) is 0 Å². The average molecular weight is 306 g/mol. The molecule has 0 atom stereocenters. The number of carbonyl (C=O) groups is 1. The van der Waals surface area contributed by atoms with E-state index in [2.05, 4.69) is 5.32 Å². The third kappa shape index (κ3) is 5.00. The number of esters is 1. The molecule has 0 aliphatic heterocycles. The lowest BCUT2D eigenvalue weighted by atomic mass is 10.2. The predicted octanol–water partition coefficient (Wildman–Crippen LogP) is 3.50. The van der Waals surface area contributed by atoms with Crippen LogP contribution in [0.4, 0.5) is 5.69 Å². The van der Waals surface area contributed by atoms with Crippen LogP contribution < -0.4 is 10.1 Å². The first-order chi connectivity index (χ1) is 10.2. The lowest BCUT2D eigenvalue weighted by Crippen LogP contribution is -2.16. The quantitative estimate of drug-likeness (QED) is 0.830. The molecule has 5 heteroatoms. The zero-order valence-electron chi connectivity index (χ0n) is 11.6. The van der Waals surface area contributed by atoms with Crippen molar-refractivity contribution < 1.29 is 14.3 Å². The second kappa shape index (κ2) is 7.55. The van der Waals surface area contributed by atoms with Crippen LogP contribution in [0.1, 0.15) is 5.56 Å². The summed E-state index contributed by atoms with van der Waals surface area (Å²) >= 11 is 5.86. The Labute approximate surface area is 128 Å². The zero-order chi connectivity index (χ0) is 15.1. The Morgan fingerprint density at radius 3 is 2.62 bits per heavy atom. The fourth-order valence-corrected chi connectivity index (χ4v) is 1.90. The van der Waals surface area contributed by atoms with Gasteiger partial charge in [-0.05, 0) is 35.9 Å². The monoisotopic (exact) mass is 305 g/mol. The number of benzene rings is 2. The van der Waals surface area contributed by atoms with E-state index in [1.807, 2.05) is 36.4 Å². The Hall–Kier alpha value is -2.20. The van der Waals surface area contributed by atoms with Crippen LogP contribution in [0.5, 0.6) is 5.75 Å². The largest absolute Gasteiger partial charge is 0.497 e. The van der Waals surface area contributed by atoms with Crippen molar-refractivity contribution in [2.75, 3.05) is 19.0 Å². The van der Waals surface area contributed by atoms with E-state index in [4.69, 9.17) is 21.1 Å². The molecule has 2 rings (SSSR count). The van der Waals surface area contributed by atoms with Gasteiger partial charge in [-0.1, -0.05) is 29.8 Å². The molecule has 1 N–H and O–H groups in total. The number of halogens is 1. The number of anilines is 1. The molecule has 0 radical (unpaired) electrons. The van der Waals surface area contributed by atoms with Crippen LogP contribution in [0.3, 0.4) is 0 Å². The number of hydrogen-bond acceptors (Lipinski definition) is 4. The van der Waals surface area contributed by atoms with E-state index in [1.54, 1.807) is 19.2 Å². The van der Waals surface area contributed by atoms with Crippen molar-refractivity contribution in [1.82, 2.24) is 0 Å². The summed E-state index contributed by atoms with van der Waals surface area (Å²) in [6.07, 6.45) is 0. The van der Waals surface area contributed by atoms with Gasteiger partial charge in [0.05, 0.1) is 7.11 Å². The van der Waals surface area contributed by atoms with Crippen LogP contribution in [0.15, 0.2) is 48.5 Å². The van der Waals surface area contributed by atoms with Crippen LogP contribution in [-0.4, -0.2) is 19.6 Å². The summed E-state index contributed by atoms with van der Waals surface area (Å²) in [5.74, 6) is 0.443. The average Bonchev–Trinajstić information content (AvgIpc) is 2.51. The highest BCUT2D eigenvalue weighted by molar-refractivity contribution is 6.30. The number of hydrogen-bond donors (Lipinski definition) is 1. The molecule has 0 amide bonds. The van der Waals surface area contributed by atoms with Crippen molar-refractivity contribution in [3.05, 3.63) is 59.1 Å². The lowest BCUT2D eigenvalue weighted by Gasteiger charge is -2.08. The van der Waals surface area contributed by atoms with Crippen molar-refractivity contribution >= 4 is 23.3 Å². The van der Waals surface area contributed by atoms with Crippen molar-refractivity contribution in [2.24, 2.45) is 0 Å². The molecule has 0 unspecified atom stereocenters. The van der Waals surface area contributed by atoms with Gasteiger partial charge in [-0.3, -0.25) is 4.79 Å². The Kier molecular flexibility index (Phi) is 5.46. The van der Waals surface area contributed by atoms with Gasteiger partial charge in [-0.25, -0.2) is 0 Å². The van der Waals surface area contributed by atoms with E-state index in [0.29, 0.717) is 5.02 Å². The van der Waals surface area contributed by atoms with Gasteiger partial charge in [0.1, 0.15) is 18.9 Å². The van der Waals surface area contributed by atoms with Gasteiger partial charge in [0.2, 0.25) is 0 Å². The van der Waals surface area contributed by atoms with Gasteiger partial charge in [0.25, 0.3) is 0 Å². The van der Waals surface area contributed by atoms with Gasteiger partial charge in [-0.15, -0.1) is 0 Å². The second-order valence-electron chi connectivity index (χ2n) is 4.37. The van der Waals surface area contributed by atoms with E-state index in [-0.39, 0.29) is 19.1 Å². The molecule has 0 bridgehead atoms. The lowest BCUT2D eigenvalue weighted by molar-refractivity contribution is -0.142. The fraction of sp³-hybridized carbons (Fsp3) is 0.188. The molecule has 0 heterocycles. The number of methoxy groups -OCH3 is 1. The van der Waals surface area contributed by atoms with Crippen LogP contribution in [0.2, 0.25) is 5.02 Å². The minimum absolute atomic E-state index is 0.0937. The van der Waals surface area contributed by atoms with Gasteiger partial charge < -0.3 is 14.8 Å². The van der Waals surface area contributed by atoms with E-state index in [9.17, 15) is 4.79 Å². The first kappa shape index (κ1) is 15.2. The highest BCUT2D eigenvalue weighted by Gasteiger charge is 2.04. The SMILES string of the molecule is COc1ccc(COC(=O)CNc2cccc(Cl)c2)cc1. The molecule has 0 fully saturated rings. The summed E-state index contributed by atoms with van der Waals surface area (Å²) in [5, 5.41) is 3.58. The molecular formula is C16H16ClNO3. The van der Waals surface area contributed by atoms with Crippen LogP contribution in [0.25, 0.3) is 0 Å². The topological polar surface area (TPSA) is 47.6 Å². The fourth-order valence-electron chi connectivity index (χ4n) is 1.71. The smallest absolute Gasteiger partial charge is 0.325 e. The second-order valence-corrected chi connectivity index (χ2v) is 4.81. The number of carbonyl (C=O) groups excluding carboxylic acids is 1. The van der Waals surface area contributed by atoms with Crippen molar-refractivity contribution in [1.29, 1.82) is 0 Å². The van der Waals surface area contributed by atoms with Crippen LogP contribution in [-0.2, 0) is 16.1 Å². The van der Waals surface area contributed by atoms with Gasteiger partial charge in [0, 0.05) is 10.7 Å². The molecule has 2 aromatic rings. The van der Waals surface area contributed by atoms with Gasteiger partial charge in [-0.2, -0.15) is 0 Å². The molecule has 0 saturated heterocycles. The minimum Gasteiger partial charge on any atom is -0.497 e. The molecular weight excluding hydrogens is 290 g/mol. The van der Waals surface area contributed by atoms with E-state index in [0.717, 1.165) is 17.0 Å². The highest BCUT2D eigenvalue weighted by atomic mass is 35.5. The standard InChI is InChI=1S/C16H16ClNO3/c1-20-15-7-5-12(6-8-15)11-21-16(19)10-18-14-4-2-3-13(17)9-14/h2-9,18H,10-11H2,1H3. The molecule has 110 valence electrons. The molecule has 0 saturated carbocycles. The van der Waals surface area contributed by atoms with Crippen molar-refractivity contribution in [3.8, 4) is 5.75 Å².